The third-order valence-electron chi connectivity index (χ3n) is 0.768. The fraction of sp³-hybridized carbons (Fsp3) is 0. The number of carbonyl (C=O) groups is 1. The van der Waals surface area contributed by atoms with Crippen LogP contribution in [0.4, 0.5) is 4.79 Å². The molecule has 11 heavy (non-hydrogen) atoms. The van der Waals surface area contributed by atoms with Gasteiger partial charge in [0, 0.05) is 11.6 Å². The van der Waals surface area contributed by atoms with Crippen molar-refractivity contribution in [1.82, 2.24) is 9.97 Å². The van der Waals surface area contributed by atoms with Gasteiger partial charge in [-0.2, -0.15) is 4.98 Å². The lowest BCUT2D eigenvalue weighted by atomic mass is 10.7. The molecule has 1 heterocycles. The van der Waals surface area contributed by atoms with Gasteiger partial charge in [-0.3, -0.25) is 4.98 Å². The minimum atomic E-state index is -0.971. The SMILES string of the molecule is O=C(Cl)Oc1cncc(Cl)n1. The van der Waals surface area contributed by atoms with Gasteiger partial charge in [0.05, 0.1) is 12.4 Å². The minimum Gasteiger partial charge on any atom is -0.394 e. The molecule has 0 bridgehead atoms. The third kappa shape index (κ3) is 2.69. The van der Waals surface area contributed by atoms with Crippen molar-refractivity contribution in [3.8, 4) is 5.88 Å². The first kappa shape index (κ1) is 8.23. The standard InChI is InChI=1S/C5H2Cl2N2O2/c6-3-1-8-2-4(9-3)11-5(7)10/h1-2H. The molecule has 0 aromatic carbocycles. The van der Waals surface area contributed by atoms with Crippen LogP contribution in [0.2, 0.25) is 5.15 Å². The number of rotatable bonds is 1. The van der Waals surface area contributed by atoms with Crippen LogP contribution in [-0.4, -0.2) is 15.4 Å². The van der Waals surface area contributed by atoms with Crippen molar-refractivity contribution in [2.45, 2.75) is 0 Å². The van der Waals surface area contributed by atoms with Crippen LogP contribution in [0.25, 0.3) is 0 Å². The fourth-order valence-electron chi connectivity index (χ4n) is 0.457. The van der Waals surface area contributed by atoms with E-state index in [1.54, 1.807) is 0 Å². The van der Waals surface area contributed by atoms with E-state index < -0.39 is 5.43 Å². The molecule has 0 spiro atoms. The molecule has 0 saturated carbocycles. The summed E-state index contributed by atoms with van der Waals surface area (Å²) < 4.78 is 4.36. The van der Waals surface area contributed by atoms with Crippen LogP contribution in [0, 0.1) is 0 Å². The van der Waals surface area contributed by atoms with Crippen molar-refractivity contribution < 1.29 is 9.53 Å². The second-order valence-corrected chi connectivity index (χ2v) is 2.22. The number of ether oxygens (including phenoxy) is 1. The van der Waals surface area contributed by atoms with E-state index in [0.717, 1.165) is 0 Å². The van der Waals surface area contributed by atoms with Gasteiger partial charge >= 0.3 is 5.43 Å². The lowest BCUT2D eigenvalue weighted by Crippen LogP contribution is -1.98. The molecule has 0 aliphatic heterocycles. The highest BCUT2D eigenvalue weighted by atomic mass is 35.5. The fourth-order valence-corrected chi connectivity index (χ4v) is 0.676. The van der Waals surface area contributed by atoms with Gasteiger partial charge in [0.2, 0.25) is 5.88 Å². The van der Waals surface area contributed by atoms with Gasteiger partial charge in [0.1, 0.15) is 0 Å². The van der Waals surface area contributed by atoms with E-state index in [1.165, 1.54) is 12.4 Å². The first-order valence-electron chi connectivity index (χ1n) is 2.53. The molecular weight excluding hydrogens is 191 g/mol. The van der Waals surface area contributed by atoms with E-state index in [9.17, 15) is 4.79 Å². The molecule has 0 radical (unpaired) electrons. The summed E-state index contributed by atoms with van der Waals surface area (Å²) in [5.41, 5.74) is -0.971. The molecule has 0 atom stereocenters. The Morgan fingerprint density at radius 1 is 1.55 bits per heavy atom. The van der Waals surface area contributed by atoms with Crippen LogP contribution in [0.1, 0.15) is 0 Å². The van der Waals surface area contributed by atoms with Crippen molar-refractivity contribution in [3.63, 3.8) is 0 Å². The Morgan fingerprint density at radius 2 is 2.27 bits per heavy atom. The summed E-state index contributed by atoms with van der Waals surface area (Å²) in [5.74, 6) is -0.0162. The second-order valence-electron chi connectivity index (χ2n) is 1.52. The monoisotopic (exact) mass is 192 g/mol. The number of halogens is 2. The van der Waals surface area contributed by atoms with E-state index in [1.807, 2.05) is 0 Å². The van der Waals surface area contributed by atoms with E-state index in [4.69, 9.17) is 23.2 Å². The van der Waals surface area contributed by atoms with Crippen LogP contribution in [0.5, 0.6) is 5.88 Å². The molecule has 0 aliphatic carbocycles. The molecule has 0 unspecified atom stereocenters. The molecule has 58 valence electrons. The van der Waals surface area contributed by atoms with Gasteiger partial charge in [-0.05, 0) is 0 Å². The van der Waals surface area contributed by atoms with Gasteiger partial charge in [0.25, 0.3) is 0 Å². The van der Waals surface area contributed by atoms with Crippen LogP contribution < -0.4 is 4.74 Å². The number of hydrogen-bond donors (Lipinski definition) is 0. The predicted octanol–water partition coefficient (Wildman–Crippen LogP) is 1.87. The molecule has 0 N–H and O–H groups in total. The average molecular weight is 193 g/mol. The maximum Gasteiger partial charge on any atom is 0.410 e. The van der Waals surface area contributed by atoms with Gasteiger partial charge in [0.15, 0.2) is 5.15 Å². The Balaban J connectivity index is 2.79. The van der Waals surface area contributed by atoms with Crippen molar-refractivity contribution >= 4 is 28.6 Å². The quantitative estimate of drug-likeness (QED) is 0.638. The van der Waals surface area contributed by atoms with Gasteiger partial charge in [-0.25, -0.2) is 4.79 Å². The number of carbonyl (C=O) groups excluding carboxylic acids is 1. The lowest BCUT2D eigenvalue weighted by Gasteiger charge is -1.95. The van der Waals surface area contributed by atoms with Crippen molar-refractivity contribution in [1.29, 1.82) is 0 Å². The predicted molar refractivity (Wildman–Crippen MR) is 38.9 cm³/mol. The molecule has 6 heteroatoms. The highest BCUT2D eigenvalue weighted by Crippen LogP contribution is 2.09. The summed E-state index contributed by atoms with van der Waals surface area (Å²) in [6.45, 7) is 0. The Kier molecular flexibility index (Phi) is 2.62. The highest BCUT2D eigenvalue weighted by Gasteiger charge is 2.01. The van der Waals surface area contributed by atoms with Crippen molar-refractivity contribution in [3.05, 3.63) is 17.5 Å². The van der Waals surface area contributed by atoms with Crippen molar-refractivity contribution in [2.75, 3.05) is 0 Å². The average Bonchev–Trinajstić information content (AvgIpc) is 1.85. The molecule has 0 fully saturated rings. The second kappa shape index (κ2) is 3.50. The summed E-state index contributed by atoms with van der Waals surface area (Å²) in [7, 11) is 0. The zero-order valence-corrected chi connectivity index (χ0v) is 6.63. The number of hydrogen-bond acceptors (Lipinski definition) is 4. The van der Waals surface area contributed by atoms with Crippen molar-refractivity contribution in [2.24, 2.45) is 0 Å². The maximum absolute atomic E-state index is 10.2. The zero-order chi connectivity index (χ0) is 8.27. The summed E-state index contributed by atoms with van der Waals surface area (Å²) in [4.78, 5) is 17.4. The molecule has 0 amide bonds. The minimum absolute atomic E-state index is 0.0162. The number of aromatic nitrogens is 2. The number of nitrogens with zero attached hydrogens (tertiary/aromatic N) is 2. The molecule has 1 aromatic heterocycles. The first-order valence-corrected chi connectivity index (χ1v) is 3.29. The molecule has 1 rings (SSSR count). The Labute approximate surface area is 72.1 Å². The summed E-state index contributed by atoms with van der Waals surface area (Å²) in [5, 5.41) is 0.139. The van der Waals surface area contributed by atoms with E-state index in [2.05, 4.69) is 14.7 Å². The highest BCUT2D eigenvalue weighted by molar-refractivity contribution is 6.61. The Morgan fingerprint density at radius 3 is 2.82 bits per heavy atom. The maximum atomic E-state index is 10.2. The van der Waals surface area contributed by atoms with E-state index >= 15 is 0 Å². The molecule has 0 aliphatic rings. The summed E-state index contributed by atoms with van der Waals surface area (Å²) in [6.07, 6.45) is 2.54. The largest absolute Gasteiger partial charge is 0.410 e. The van der Waals surface area contributed by atoms with E-state index in [0.29, 0.717) is 0 Å². The smallest absolute Gasteiger partial charge is 0.394 e. The van der Waals surface area contributed by atoms with Gasteiger partial charge in [-0.15, -0.1) is 0 Å². The zero-order valence-electron chi connectivity index (χ0n) is 5.12. The molecule has 1 aromatic rings. The Hall–Kier alpha value is -0.870. The van der Waals surface area contributed by atoms with Gasteiger partial charge in [-0.1, -0.05) is 11.6 Å². The molecule has 0 saturated heterocycles. The lowest BCUT2D eigenvalue weighted by molar-refractivity contribution is 0.223. The normalized spacial score (nSPS) is 9.27. The van der Waals surface area contributed by atoms with Crippen LogP contribution >= 0.6 is 23.2 Å². The molecular formula is C5H2Cl2N2O2. The van der Waals surface area contributed by atoms with Crippen LogP contribution in [0.3, 0.4) is 0 Å². The third-order valence-corrected chi connectivity index (χ3v) is 1.03. The summed E-state index contributed by atoms with van der Waals surface area (Å²) in [6, 6.07) is 0. The first-order chi connectivity index (χ1) is 5.18. The van der Waals surface area contributed by atoms with Gasteiger partial charge < -0.3 is 4.74 Å². The topological polar surface area (TPSA) is 52.1 Å². The van der Waals surface area contributed by atoms with Crippen LogP contribution in [-0.2, 0) is 0 Å². The molecule has 4 nitrogen and oxygen atoms in total. The summed E-state index contributed by atoms with van der Waals surface area (Å²) >= 11 is 10.3. The van der Waals surface area contributed by atoms with E-state index in [-0.39, 0.29) is 11.0 Å². The Bertz CT molecular complexity index is 279. The van der Waals surface area contributed by atoms with Crippen LogP contribution in [0.15, 0.2) is 12.4 Å².